The van der Waals surface area contributed by atoms with Crippen LogP contribution in [-0.4, -0.2) is 30.8 Å². The summed E-state index contributed by atoms with van der Waals surface area (Å²) in [5.74, 6) is -0.794. The van der Waals surface area contributed by atoms with Crippen LogP contribution in [0.15, 0.2) is 30.6 Å². The number of hydrogen-bond acceptors (Lipinski definition) is 3. The van der Waals surface area contributed by atoms with E-state index in [1.807, 2.05) is 20.8 Å². The lowest BCUT2D eigenvalue weighted by atomic mass is 9.95. The van der Waals surface area contributed by atoms with Gasteiger partial charge in [0.05, 0.1) is 11.8 Å². The number of alkyl halides is 3. The summed E-state index contributed by atoms with van der Waals surface area (Å²) in [6, 6.07) is 4.09. The second-order valence-corrected chi connectivity index (χ2v) is 7.87. The Labute approximate surface area is 165 Å². The van der Waals surface area contributed by atoms with Gasteiger partial charge in [-0.05, 0) is 24.1 Å². The van der Waals surface area contributed by atoms with E-state index in [2.05, 4.69) is 15.2 Å². The van der Waals surface area contributed by atoms with Gasteiger partial charge in [-0.1, -0.05) is 32.9 Å². The van der Waals surface area contributed by atoms with Crippen molar-refractivity contribution in [3.63, 3.8) is 0 Å². The number of rotatable bonds is 4. The summed E-state index contributed by atoms with van der Waals surface area (Å²) >= 11 is 0. The van der Waals surface area contributed by atoms with Crippen LogP contribution in [0.25, 0.3) is 11.1 Å². The second kappa shape index (κ2) is 7.06. The molecule has 0 aliphatic heterocycles. The van der Waals surface area contributed by atoms with Gasteiger partial charge in [0.15, 0.2) is 5.69 Å². The Kier molecular flexibility index (Phi) is 5.02. The van der Waals surface area contributed by atoms with Crippen molar-refractivity contribution in [1.82, 2.24) is 19.7 Å². The molecule has 0 spiro atoms. The molecule has 0 fully saturated rings. The van der Waals surface area contributed by atoms with Crippen LogP contribution < -0.4 is 0 Å². The summed E-state index contributed by atoms with van der Waals surface area (Å²) in [6.07, 6.45) is -1.60. The van der Waals surface area contributed by atoms with Crippen LogP contribution in [-0.2, 0) is 18.1 Å². The number of H-pyrrole nitrogens is 1. The van der Waals surface area contributed by atoms with E-state index in [-0.39, 0.29) is 17.8 Å². The van der Waals surface area contributed by atoms with E-state index in [0.29, 0.717) is 22.6 Å². The number of nitrogens with one attached hydrogen (secondary N) is 1. The molecule has 9 heteroatoms. The summed E-state index contributed by atoms with van der Waals surface area (Å²) in [5.41, 5.74) is -0.196. The number of carbonyl (C=O) groups is 1. The summed E-state index contributed by atoms with van der Waals surface area (Å²) in [5, 5.41) is 15.8. The lowest BCUT2D eigenvalue weighted by molar-refractivity contribution is -0.138. The van der Waals surface area contributed by atoms with Gasteiger partial charge in [0.2, 0.25) is 0 Å². The SMILES string of the molecule is Cc1c(C(=O)O)nc(C(C)(C)C)n1Cc1ccc(-c2cn[nH]c2)cc1C(F)(F)F. The summed E-state index contributed by atoms with van der Waals surface area (Å²) in [4.78, 5) is 15.7. The molecule has 3 rings (SSSR count). The van der Waals surface area contributed by atoms with Crippen LogP contribution in [0, 0.1) is 6.92 Å². The normalized spacial score (nSPS) is 12.4. The molecule has 0 radical (unpaired) electrons. The predicted molar refractivity (Wildman–Crippen MR) is 101 cm³/mol. The highest BCUT2D eigenvalue weighted by Crippen LogP contribution is 2.36. The fourth-order valence-electron chi connectivity index (χ4n) is 3.24. The molecule has 2 aromatic heterocycles. The van der Waals surface area contributed by atoms with Gasteiger partial charge in [-0.3, -0.25) is 5.10 Å². The summed E-state index contributed by atoms with van der Waals surface area (Å²) in [6.45, 7) is 6.93. The molecule has 154 valence electrons. The van der Waals surface area contributed by atoms with Crippen LogP contribution in [0.2, 0.25) is 0 Å². The monoisotopic (exact) mass is 406 g/mol. The molecule has 29 heavy (non-hydrogen) atoms. The number of nitrogens with zero attached hydrogens (tertiary/aromatic N) is 3. The Morgan fingerprint density at radius 3 is 2.41 bits per heavy atom. The number of imidazole rings is 1. The standard InChI is InChI=1S/C20H21F3N4O2/c1-11-16(17(28)29)26-18(19(2,3)4)27(11)10-13-6-5-12(14-8-24-25-9-14)7-15(13)20(21,22)23/h5-9H,10H2,1-4H3,(H,24,25)(H,28,29). The van der Waals surface area contributed by atoms with Crippen LogP contribution in [0.5, 0.6) is 0 Å². The lowest BCUT2D eigenvalue weighted by Gasteiger charge is -2.22. The third-order valence-electron chi connectivity index (χ3n) is 4.67. The molecule has 0 aliphatic carbocycles. The molecule has 0 amide bonds. The number of hydrogen-bond donors (Lipinski definition) is 2. The van der Waals surface area contributed by atoms with Crippen molar-refractivity contribution >= 4 is 5.97 Å². The molecule has 6 nitrogen and oxygen atoms in total. The van der Waals surface area contributed by atoms with Crippen molar-refractivity contribution in [2.45, 2.75) is 45.8 Å². The van der Waals surface area contributed by atoms with Crippen LogP contribution in [0.3, 0.4) is 0 Å². The smallest absolute Gasteiger partial charge is 0.416 e. The van der Waals surface area contributed by atoms with Gasteiger partial charge in [-0.25, -0.2) is 9.78 Å². The number of benzene rings is 1. The average Bonchev–Trinajstić information content (AvgIpc) is 3.23. The fourth-order valence-corrected chi connectivity index (χ4v) is 3.24. The molecular formula is C20H21F3N4O2. The lowest BCUT2D eigenvalue weighted by Crippen LogP contribution is -2.21. The first kappa shape index (κ1) is 20.6. The maximum atomic E-state index is 13.8. The Balaban J connectivity index is 2.15. The molecular weight excluding hydrogens is 385 g/mol. The molecule has 0 saturated carbocycles. The Morgan fingerprint density at radius 2 is 1.90 bits per heavy atom. The van der Waals surface area contributed by atoms with E-state index in [1.54, 1.807) is 17.6 Å². The number of aromatic amines is 1. The van der Waals surface area contributed by atoms with Gasteiger partial charge in [-0.15, -0.1) is 0 Å². The second-order valence-electron chi connectivity index (χ2n) is 7.87. The highest BCUT2D eigenvalue weighted by Gasteiger charge is 2.35. The molecule has 0 atom stereocenters. The molecule has 2 heterocycles. The Morgan fingerprint density at radius 1 is 1.21 bits per heavy atom. The molecule has 0 bridgehead atoms. The minimum atomic E-state index is -4.57. The van der Waals surface area contributed by atoms with E-state index >= 15 is 0 Å². The molecule has 0 saturated heterocycles. The molecule has 0 unspecified atom stereocenters. The number of carboxylic acids is 1. The molecule has 2 N–H and O–H groups in total. The molecule has 1 aromatic carbocycles. The Bertz CT molecular complexity index is 1050. The first-order chi connectivity index (χ1) is 13.4. The number of aromatic nitrogens is 4. The number of carboxylic acid groups (broad SMARTS) is 1. The third kappa shape index (κ3) is 4.03. The van der Waals surface area contributed by atoms with E-state index in [4.69, 9.17) is 0 Å². The van der Waals surface area contributed by atoms with Crippen molar-refractivity contribution in [2.24, 2.45) is 0 Å². The summed E-state index contributed by atoms with van der Waals surface area (Å²) < 4.78 is 42.9. The zero-order valence-electron chi connectivity index (χ0n) is 16.4. The van der Waals surface area contributed by atoms with Crippen molar-refractivity contribution in [1.29, 1.82) is 0 Å². The topological polar surface area (TPSA) is 83.8 Å². The highest BCUT2D eigenvalue weighted by atomic mass is 19.4. The number of aromatic carboxylic acids is 1. The third-order valence-corrected chi connectivity index (χ3v) is 4.67. The van der Waals surface area contributed by atoms with Crippen molar-refractivity contribution in [3.05, 3.63) is 58.9 Å². The summed E-state index contributed by atoms with van der Waals surface area (Å²) in [7, 11) is 0. The quantitative estimate of drug-likeness (QED) is 0.661. The zero-order valence-corrected chi connectivity index (χ0v) is 16.4. The van der Waals surface area contributed by atoms with Crippen LogP contribution in [0.4, 0.5) is 13.2 Å². The first-order valence-corrected chi connectivity index (χ1v) is 8.89. The van der Waals surface area contributed by atoms with E-state index in [1.165, 1.54) is 18.5 Å². The molecule has 3 aromatic rings. The largest absolute Gasteiger partial charge is 0.476 e. The average molecular weight is 406 g/mol. The zero-order chi connectivity index (χ0) is 21.6. The van der Waals surface area contributed by atoms with Gasteiger partial charge >= 0.3 is 12.1 Å². The van der Waals surface area contributed by atoms with Gasteiger partial charge in [0, 0.05) is 29.4 Å². The fraction of sp³-hybridized carbons (Fsp3) is 0.350. The molecule has 0 aliphatic rings. The van der Waals surface area contributed by atoms with Gasteiger partial charge in [0.1, 0.15) is 5.82 Å². The van der Waals surface area contributed by atoms with Gasteiger partial charge in [-0.2, -0.15) is 18.3 Å². The van der Waals surface area contributed by atoms with E-state index in [0.717, 1.165) is 6.07 Å². The van der Waals surface area contributed by atoms with E-state index < -0.39 is 23.1 Å². The van der Waals surface area contributed by atoms with Crippen molar-refractivity contribution in [3.8, 4) is 11.1 Å². The minimum Gasteiger partial charge on any atom is -0.476 e. The highest BCUT2D eigenvalue weighted by molar-refractivity contribution is 5.86. The maximum absolute atomic E-state index is 13.8. The van der Waals surface area contributed by atoms with Crippen molar-refractivity contribution < 1.29 is 23.1 Å². The predicted octanol–water partition coefficient (Wildman–Crippen LogP) is 4.64. The Hall–Kier alpha value is -3.10. The van der Waals surface area contributed by atoms with Gasteiger partial charge < -0.3 is 9.67 Å². The van der Waals surface area contributed by atoms with E-state index in [9.17, 15) is 23.1 Å². The van der Waals surface area contributed by atoms with Crippen molar-refractivity contribution in [2.75, 3.05) is 0 Å². The number of halogens is 3. The minimum absolute atomic E-state index is 0.0349. The van der Waals surface area contributed by atoms with Crippen LogP contribution in [0.1, 0.15) is 53.9 Å². The maximum Gasteiger partial charge on any atom is 0.416 e. The van der Waals surface area contributed by atoms with Crippen LogP contribution >= 0.6 is 0 Å². The first-order valence-electron chi connectivity index (χ1n) is 8.89. The van der Waals surface area contributed by atoms with Gasteiger partial charge in [0.25, 0.3) is 0 Å².